The lowest BCUT2D eigenvalue weighted by Crippen LogP contribution is -2.02. The molecule has 184 valence electrons. The van der Waals surface area contributed by atoms with Crippen molar-refractivity contribution in [3.8, 4) is 0 Å². The van der Waals surface area contributed by atoms with Crippen molar-refractivity contribution >= 4 is 5.78 Å². The molecule has 0 unspecified atom stereocenters. The van der Waals surface area contributed by atoms with Crippen molar-refractivity contribution in [2.45, 2.75) is 97.4 Å². The lowest BCUT2D eigenvalue weighted by Gasteiger charge is -2.05. The van der Waals surface area contributed by atoms with E-state index < -0.39 is 0 Å². The molecule has 1 aromatic rings. The van der Waals surface area contributed by atoms with E-state index in [0.717, 1.165) is 16.7 Å². The molecular formula is C31H54O. The zero-order chi connectivity index (χ0) is 25.8. The van der Waals surface area contributed by atoms with Crippen LogP contribution in [0.1, 0.15) is 106 Å². The van der Waals surface area contributed by atoms with Crippen LogP contribution in [0.3, 0.4) is 0 Å². The van der Waals surface area contributed by atoms with Crippen LogP contribution < -0.4 is 0 Å². The number of carbonyl (C=O) groups is 1. The summed E-state index contributed by atoms with van der Waals surface area (Å²) in [5.74, 6) is 0.00403. The standard InChI is InChI=1S/C16H14O.2C3H6.4C2H6.CH4/c1-11-4-7-14(8-5-11)16(17)15-9-6-12(2)13(3)10-15;2*1-3-2;4*1-2;/h4-5,7-8,10H,1-3H3;2*3H,1H2,2H3;4*1-2H3;1H4. The van der Waals surface area contributed by atoms with Gasteiger partial charge in [0.25, 0.3) is 0 Å². The summed E-state index contributed by atoms with van der Waals surface area (Å²) in [4.78, 5) is 12.2. The first-order chi connectivity index (χ1) is 14.9. The molecule has 1 heteroatoms. The average Bonchev–Trinajstić information content (AvgIpc) is 2.82. The van der Waals surface area contributed by atoms with Gasteiger partial charge in [0, 0.05) is 11.1 Å². The Morgan fingerprint density at radius 3 is 1.41 bits per heavy atom. The molecule has 0 bridgehead atoms. The zero-order valence-electron chi connectivity index (χ0n) is 22.9. The van der Waals surface area contributed by atoms with E-state index in [2.05, 4.69) is 24.6 Å². The Morgan fingerprint density at radius 1 is 0.750 bits per heavy atom. The number of rotatable bonds is 2. The maximum atomic E-state index is 12.2. The number of carbonyl (C=O) groups excluding carboxylic acids is 1. The molecule has 0 radical (unpaired) electrons. The molecule has 0 N–H and O–H groups in total. The van der Waals surface area contributed by atoms with Crippen LogP contribution in [0.2, 0.25) is 0 Å². The molecule has 0 heterocycles. The highest BCUT2D eigenvalue weighted by molar-refractivity contribution is 6.10. The van der Waals surface area contributed by atoms with Crippen LogP contribution in [0.5, 0.6) is 0 Å². The lowest BCUT2D eigenvalue weighted by molar-refractivity contribution is 0.103. The van der Waals surface area contributed by atoms with Crippen LogP contribution in [-0.4, -0.2) is 5.78 Å². The van der Waals surface area contributed by atoms with Gasteiger partial charge in [0.1, 0.15) is 0 Å². The maximum absolute atomic E-state index is 12.2. The molecule has 0 saturated carbocycles. The predicted octanol–water partition coefficient (Wildman–Crippen LogP) is 10.9. The summed E-state index contributed by atoms with van der Waals surface area (Å²) in [5, 5.41) is 0. The second kappa shape index (κ2) is 35.8. The first-order valence-electron chi connectivity index (χ1n) is 11.6. The Morgan fingerprint density at radius 2 is 1.09 bits per heavy atom. The Bertz CT molecular complexity index is 678. The first-order valence-corrected chi connectivity index (χ1v) is 11.6. The maximum Gasteiger partial charge on any atom is 0.201 e. The van der Waals surface area contributed by atoms with Gasteiger partial charge in [-0.3, -0.25) is 4.79 Å². The zero-order valence-corrected chi connectivity index (χ0v) is 22.9. The Balaban J connectivity index is -0.0000000956. The number of Topliss-reactive ketones (excluding diaryl/α,β-unsaturated/α-hetero) is 1. The Labute approximate surface area is 203 Å². The highest BCUT2D eigenvalue weighted by atomic mass is 16.1. The number of allylic oxidation sites excluding steroid dienone is 6. The van der Waals surface area contributed by atoms with Crippen LogP contribution in [-0.2, 0) is 0 Å². The Kier molecular flexibility index (Phi) is 48.5. The summed E-state index contributed by atoms with van der Waals surface area (Å²) in [6.45, 7) is 32.4. The third-order valence-electron chi connectivity index (χ3n) is 2.90. The molecule has 2 rings (SSSR count). The van der Waals surface area contributed by atoms with Gasteiger partial charge in [-0.25, -0.2) is 0 Å². The fourth-order valence-corrected chi connectivity index (χ4v) is 1.60. The summed E-state index contributed by atoms with van der Waals surface area (Å²) in [6.07, 6.45) is 5.37. The van der Waals surface area contributed by atoms with Crippen molar-refractivity contribution in [1.29, 1.82) is 0 Å². The monoisotopic (exact) mass is 442 g/mol. The predicted molar refractivity (Wildman–Crippen MR) is 153 cm³/mol. The molecule has 0 amide bonds. The molecule has 1 aliphatic carbocycles. The molecule has 1 aromatic carbocycles. The number of hydrogen-bond donors (Lipinski definition) is 0. The number of aryl methyl sites for hydroxylation is 1. The van der Waals surface area contributed by atoms with Crippen molar-refractivity contribution in [1.82, 2.24) is 0 Å². The summed E-state index contributed by atoms with van der Waals surface area (Å²) in [6, 6.07) is 7.58. The summed E-state index contributed by atoms with van der Waals surface area (Å²) >= 11 is 0. The molecule has 32 heavy (non-hydrogen) atoms. The van der Waals surface area contributed by atoms with Crippen molar-refractivity contribution < 1.29 is 4.79 Å². The van der Waals surface area contributed by atoms with Gasteiger partial charge in [-0.15, -0.1) is 13.2 Å². The van der Waals surface area contributed by atoms with Gasteiger partial charge < -0.3 is 0 Å². The van der Waals surface area contributed by atoms with E-state index in [-0.39, 0.29) is 13.2 Å². The molecule has 0 saturated heterocycles. The van der Waals surface area contributed by atoms with Gasteiger partial charge in [0.15, 0.2) is 0 Å². The summed E-state index contributed by atoms with van der Waals surface area (Å²) < 4.78 is 0. The SMILES string of the molecule is C.C=CC.C=CC.CC.CC.CC.CC.CC1=C=C=C(C(=O)c2ccc(C)cc2)C=C1C. The topological polar surface area (TPSA) is 17.1 Å². The summed E-state index contributed by atoms with van der Waals surface area (Å²) in [5.41, 5.74) is 10.4. The average molecular weight is 443 g/mol. The van der Waals surface area contributed by atoms with E-state index in [1.165, 1.54) is 0 Å². The van der Waals surface area contributed by atoms with Crippen LogP contribution >= 0.6 is 0 Å². The third-order valence-corrected chi connectivity index (χ3v) is 2.90. The van der Waals surface area contributed by atoms with E-state index in [0.29, 0.717) is 11.1 Å². The molecule has 0 fully saturated rings. The molecule has 0 spiro atoms. The van der Waals surface area contributed by atoms with Crippen LogP contribution in [0.4, 0.5) is 0 Å². The highest BCUT2D eigenvalue weighted by Gasteiger charge is 2.12. The second-order valence-corrected chi connectivity index (χ2v) is 5.13. The molecule has 0 aromatic heterocycles. The molecule has 0 aliphatic heterocycles. The molecule has 1 aliphatic rings. The van der Waals surface area contributed by atoms with Crippen molar-refractivity contribution in [2.75, 3.05) is 0 Å². The number of ketones is 1. The minimum atomic E-state index is 0. The molecular weight excluding hydrogens is 388 g/mol. The smallest absolute Gasteiger partial charge is 0.201 e. The van der Waals surface area contributed by atoms with E-state index in [1.807, 2.05) is 120 Å². The van der Waals surface area contributed by atoms with Gasteiger partial charge in [0.05, 0.1) is 5.57 Å². The van der Waals surface area contributed by atoms with Gasteiger partial charge in [-0.05, 0) is 46.3 Å². The lowest BCUT2D eigenvalue weighted by atomic mass is 9.97. The summed E-state index contributed by atoms with van der Waals surface area (Å²) in [7, 11) is 0. The van der Waals surface area contributed by atoms with Gasteiger partial charge in [0.2, 0.25) is 5.78 Å². The van der Waals surface area contributed by atoms with Crippen molar-refractivity contribution in [3.05, 3.63) is 95.0 Å². The van der Waals surface area contributed by atoms with Crippen LogP contribution in [0, 0.1) is 6.92 Å². The van der Waals surface area contributed by atoms with Crippen LogP contribution in [0.15, 0.2) is 83.8 Å². The normalized spacial score (nSPS) is 8.97. The molecule has 1 nitrogen and oxygen atoms in total. The fourth-order valence-electron chi connectivity index (χ4n) is 1.60. The minimum absolute atomic E-state index is 0. The van der Waals surface area contributed by atoms with Crippen molar-refractivity contribution in [3.63, 3.8) is 0 Å². The van der Waals surface area contributed by atoms with Crippen molar-refractivity contribution in [2.24, 2.45) is 0 Å². The van der Waals surface area contributed by atoms with Gasteiger partial charge >= 0.3 is 0 Å². The largest absolute Gasteiger partial charge is 0.288 e. The fraction of sp³-hybridized carbons (Fsp3) is 0.452. The quantitative estimate of drug-likeness (QED) is 0.253. The van der Waals surface area contributed by atoms with E-state index >= 15 is 0 Å². The highest BCUT2D eigenvalue weighted by Crippen LogP contribution is 2.17. The number of hydrogen-bond acceptors (Lipinski definition) is 1. The van der Waals surface area contributed by atoms with Gasteiger partial charge in [-0.1, -0.05) is 116 Å². The minimum Gasteiger partial charge on any atom is -0.288 e. The first kappa shape index (κ1) is 43.3. The van der Waals surface area contributed by atoms with E-state index in [9.17, 15) is 4.79 Å². The van der Waals surface area contributed by atoms with Crippen LogP contribution in [0.25, 0.3) is 0 Å². The third kappa shape index (κ3) is 23.7. The Hall–Kier alpha value is -2.59. The number of benzene rings is 1. The van der Waals surface area contributed by atoms with E-state index in [4.69, 9.17) is 0 Å². The van der Waals surface area contributed by atoms with Gasteiger partial charge in [-0.2, -0.15) is 0 Å². The van der Waals surface area contributed by atoms with E-state index in [1.54, 1.807) is 12.2 Å². The molecule has 0 atom stereocenters. The second-order valence-electron chi connectivity index (χ2n) is 5.13.